The standard InChI is InChI=1S/C9H19NO6S2.Na/c1-7-9(3,18(14,15)16)8(2,17(11,12)13)6-10(7,4)5;/h7H,6H2,1-5H3,(H-,11,12,13,14,15,16);/q;+1/p+1. The number of likely N-dealkylation sites (tertiary alicyclic amines) is 1. The van der Waals surface area contributed by atoms with Gasteiger partial charge in [0.1, 0.15) is 12.6 Å². The maximum atomic E-state index is 11.7. The van der Waals surface area contributed by atoms with Crippen LogP contribution in [-0.4, -0.2) is 66.6 Å². The summed E-state index contributed by atoms with van der Waals surface area (Å²) in [5, 5.41) is 0. The molecule has 19 heavy (non-hydrogen) atoms. The van der Waals surface area contributed by atoms with Crippen LogP contribution in [0.25, 0.3) is 0 Å². The molecule has 1 fully saturated rings. The first-order chi connectivity index (χ1) is 7.61. The zero-order valence-corrected chi connectivity index (χ0v) is 15.7. The molecule has 0 aromatic carbocycles. The van der Waals surface area contributed by atoms with Crippen LogP contribution < -0.4 is 29.6 Å². The van der Waals surface area contributed by atoms with Crippen LogP contribution in [0.3, 0.4) is 0 Å². The van der Waals surface area contributed by atoms with E-state index in [-0.39, 0.29) is 40.6 Å². The van der Waals surface area contributed by atoms with E-state index in [0.717, 1.165) is 13.8 Å². The topological polar surface area (TPSA) is 109 Å². The Labute approximate surface area is 136 Å². The van der Waals surface area contributed by atoms with Crippen LogP contribution in [0.15, 0.2) is 0 Å². The summed E-state index contributed by atoms with van der Waals surface area (Å²) in [6, 6.07) is -0.695. The summed E-state index contributed by atoms with van der Waals surface area (Å²) in [7, 11) is -6.00. The third-order valence-corrected chi connectivity index (χ3v) is 8.39. The minimum Gasteiger partial charge on any atom is -0.323 e. The van der Waals surface area contributed by atoms with E-state index in [1.807, 2.05) is 0 Å². The molecule has 3 unspecified atom stereocenters. The van der Waals surface area contributed by atoms with E-state index in [9.17, 15) is 25.9 Å². The molecule has 0 aromatic heterocycles. The molecule has 0 spiro atoms. The molecular weight excluding hydrogens is 305 g/mol. The molecule has 0 amide bonds. The molecule has 1 rings (SSSR count). The van der Waals surface area contributed by atoms with Crippen molar-refractivity contribution in [3.8, 4) is 0 Å². The van der Waals surface area contributed by atoms with Crippen LogP contribution in [0.1, 0.15) is 20.8 Å². The minimum atomic E-state index is -4.67. The maximum absolute atomic E-state index is 11.7. The zero-order chi connectivity index (χ0) is 14.8. The quantitative estimate of drug-likeness (QED) is 0.314. The first kappa shape index (κ1) is 19.8. The van der Waals surface area contributed by atoms with Gasteiger partial charge in [0.05, 0.1) is 14.1 Å². The molecule has 1 aliphatic heterocycles. The fourth-order valence-electron chi connectivity index (χ4n) is 3.01. The van der Waals surface area contributed by atoms with Crippen LogP contribution in [0.4, 0.5) is 0 Å². The van der Waals surface area contributed by atoms with Crippen molar-refractivity contribution in [1.29, 1.82) is 0 Å². The van der Waals surface area contributed by atoms with E-state index in [4.69, 9.17) is 0 Å². The van der Waals surface area contributed by atoms with Crippen molar-refractivity contribution < 1.29 is 60.0 Å². The first-order valence-corrected chi connectivity index (χ1v) is 8.26. The Balaban J connectivity index is 0.00000324. The van der Waals surface area contributed by atoms with Gasteiger partial charge < -0.3 is 4.48 Å². The Morgan fingerprint density at radius 1 is 1.05 bits per heavy atom. The molecule has 0 aliphatic carbocycles. The molecule has 7 nitrogen and oxygen atoms in total. The number of hydrogen-bond acceptors (Lipinski definition) is 4. The normalized spacial score (nSPS) is 38.8. The predicted octanol–water partition coefficient (Wildman–Crippen LogP) is -3.24. The first-order valence-electron chi connectivity index (χ1n) is 5.38. The van der Waals surface area contributed by atoms with Crippen LogP contribution in [0.5, 0.6) is 0 Å². The second kappa shape index (κ2) is 4.91. The number of nitrogens with zero attached hydrogens (tertiary/aromatic N) is 1. The van der Waals surface area contributed by atoms with Crippen LogP contribution in [0, 0.1) is 0 Å². The van der Waals surface area contributed by atoms with Crippen molar-refractivity contribution in [1.82, 2.24) is 0 Å². The molecule has 108 valence electrons. The van der Waals surface area contributed by atoms with E-state index < -0.39 is 35.8 Å². The van der Waals surface area contributed by atoms with Gasteiger partial charge in [0.2, 0.25) is 0 Å². The van der Waals surface area contributed by atoms with E-state index in [1.54, 1.807) is 21.0 Å². The van der Waals surface area contributed by atoms with E-state index >= 15 is 0 Å². The van der Waals surface area contributed by atoms with Crippen molar-refractivity contribution >= 4 is 20.2 Å². The van der Waals surface area contributed by atoms with Crippen LogP contribution in [-0.2, 0) is 20.2 Å². The Hall–Kier alpha value is 0.780. The average molecular weight is 325 g/mol. The summed E-state index contributed by atoms with van der Waals surface area (Å²) in [4.78, 5) is 0. The fourth-order valence-corrected chi connectivity index (χ4v) is 6.14. The van der Waals surface area contributed by atoms with Gasteiger partial charge >= 0.3 is 29.6 Å². The number of rotatable bonds is 2. The SMILES string of the molecule is CC1C(C)(S(=O)(=O)O)C(C)(S(=O)(=O)O)C[N+]1(C)C.[Na+]. The van der Waals surface area contributed by atoms with E-state index in [1.165, 1.54) is 0 Å². The smallest absolute Gasteiger partial charge is 0.323 e. The monoisotopic (exact) mass is 325 g/mol. The predicted molar refractivity (Wildman–Crippen MR) is 66.3 cm³/mol. The van der Waals surface area contributed by atoms with Gasteiger partial charge in [-0.15, -0.1) is 0 Å². The Bertz CT molecular complexity index is 572. The summed E-state index contributed by atoms with van der Waals surface area (Å²) in [6.07, 6.45) is 0. The molecule has 0 aromatic rings. The van der Waals surface area contributed by atoms with Gasteiger partial charge in [0, 0.05) is 0 Å². The van der Waals surface area contributed by atoms with Gasteiger partial charge in [-0.3, -0.25) is 9.11 Å². The molecule has 2 N–H and O–H groups in total. The van der Waals surface area contributed by atoms with E-state index in [2.05, 4.69) is 0 Å². The van der Waals surface area contributed by atoms with E-state index in [0.29, 0.717) is 0 Å². The van der Waals surface area contributed by atoms with Crippen LogP contribution >= 0.6 is 0 Å². The summed E-state index contributed by atoms with van der Waals surface area (Å²) < 4.78 is 61.6. The third-order valence-electron chi connectivity index (χ3n) is 4.71. The van der Waals surface area contributed by atoms with Gasteiger partial charge in [-0.2, -0.15) is 16.8 Å². The van der Waals surface area contributed by atoms with Crippen molar-refractivity contribution in [2.24, 2.45) is 0 Å². The molecule has 1 saturated heterocycles. The van der Waals surface area contributed by atoms with Crippen molar-refractivity contribution in [3.05, 3.63) is 0 Å². The fraction of sp³-hybridized carbons (Fsp3) is 1.00. The van der Waals surface area contributed by atoms with Gasteiger partial charge in [0.25, 0.3) is 20.2 Å². The summed E-state index contributed by atoms with van der Waals surface area (Å²) in [5.74, 6) is 0. The second-order valence-corrected chi connectivity index (χ2v) is 9.55. The van der Waals surface area contributed by atoms with Crippen molar-refractivity contribution in [2.75, 3.05) is 20.6 Å². The van der Waals surface area contributed by atoms with Crippen molar-refractivity contribution in [2.45, 2.75) is 36.3 Å². The molecule has 0 bridgehead atoms. The molecule has 1 aliphatic rings. The average Bonchev–Trinajstić information content (AvgIpc) is 2.23. The number of quaternary nitrogens is 1. The molecular formula is C9H20NNaO6S2+2. The second-order valence-electron chi connectivity index (χ2n) is 5.90. The minimum absolute atomic E-state index is 0. The van der Waals surface area contributed by atoms with Gasteiger partial charge in [-0.25, -0.2) is 0 Å². The Kier molecular flexibility index (Phi) is 5.11. The summed E-state index contributed by atoms with van der Waals surface area (Å²) in [5.41, 5.74) is 0. The number of hydrogen-bond donors (Lipinski definition) is 2. The zero-order valence-electron chi connectivity index (χ0n) is 12.1. The van der Waals surface area contributed by atoms with Crippen LogP contribution in [0.2, 0.25) is 0 Å². The molecule has 0 radical (unpaired) electrons. The molecule has 0 saturated carbocycles. The summed E-state index contributed by atoms with van der Waals surface area (Å²) in [6.45, 7) is 3.75. The molecule has 3 atom stereocenters. The Morgan fingerprint density at radius 3 is 1.63 bits per heavy atom. The molecule has 1 heterocycles. The Morgan fingerprint density at radius 2 is 1.42 bits per heavy atom. The largest absolute Gasteiger partial charge is 1.00 e. The van der Waals surface area contributed by atoms with Gasteiger partial charge in [-0.1, -0.05) is 0 Å². The maximum Gasteiger partial charge on any atom is 1.00 e. The van der Waals surface area contributed by atoms with Crippen molar-refractivity contribution in [3.63, 3.8) is 0 Å². The van der Waals surface area contributed by atoms with Gasteiger partial charge in [0.15, 0.2) is 9.49 Å². The third kappa shape index (κ3) is 2.52. The van der Waals surface area contributed by atoms with Gasteiger partial charge in [-0.05, 0) is 20.8 Å². The summed E-state index contributed by atoms with van der Waals surface area (Å²) >= 11 is 0. The molecule has 10 heteroatoms.